The number of nitrogens with one attached hydrogen (secondary N) is 2. The Kier molecular flexibility index (Phi) is 3.98. The molecular formula is C12H13N3OS2. The summed E-state index contributed by atoms with van der Waals surface area (Å²) < 4.78 is 0.742. The molecule has 1 aromatic heterocycles. The van der Waals surface area contributed by atoms with Gasteiger partial charge in [0.25, 0.3) is 5.56 Å². The zero-order valence-corrected chi connectivity index (χ0v) is 11.7. The third kappa shape index (κ3) is 2.88. The van der Waals surface area contributed by atoms with E-state index in [9.17, 15) is 4.79 Å². The average Bonchev–Trinajstić information content (AvgIpc) is 2.36. The molecule has 94 valence electrons. The Bertz CT molecular complexity index is 651. The minimum absolute atomic E-state index is 0.105. The number of hydrogen-bond donors (Lipinski definition) is 2. The van der Waals surface area contributed by atoms with Gasteiger partial charge in [-0.05, 0) is 30.9 Å². The van der Waals surface area contributed by atoms with E-state index in [-0.39, 0.29) is 5.56 Å². The van der Waals surface area contributed by atoms with Crippen LogP contribution in [0.4, 0.5) is 0 Å². The summed E-state index contributed by atoms with van der Waals surface area (Å²) in [6.45, 7) is 2.39. The summed E-state index contributed by atoms with van der Waals surface area (Å²) in [5.41, 5.74) is 1.62. The highest BCUT2D eigenvalue weighted by molar-refractivity contribution is 8.22. The maximum atomic E-state index is 11.8. The molecule has 0 amide bonds. The highest BCUT2D eigenvalue weighted by Gasteiger charge is 2.03. The summed E-state index contributed by atoms with van der Waals surface area (Å²) in [5.74, 6) is 0.627. The Balaban J connectivity index is 2.33. The number of nitrogens with zero attached hydrogens (tertiary/aromatic N) is 1. The summed E-state index contributed by atoms with van der Waals surface area (Å²) >= 11 is 6.56. The van der Waals surface area contributed by atoms with Crippen LogP contribution in [0.1, 0.15) is 11.4 Å². The first-order valence-corrected chi connectivity index (χ1v) is 7.05. The van der Waals surface area contributed by atoms with Gasteiger partial charge >= 0.3 is 0 Å². The van der Waals surface area contributed by atoms with Crippen molar-refractivity contribution in [3.63, 3.8) is 0 Å². The Morgan fingerprint density at radius 2 is 2.33 bits per heavy atom. The van der Waals surface area contributed by atoms with Crippen molar-refractivity contribution < 1.29 is 0 Å². The van der Waals surface area contributed by atoms with E-state index in [0.717, 1.165) is 9.88 Å². The topological polar surface area (TPSA) is 57.8 Å². The molecule has 0 spiro atoms. The summed E-state index contributed by atoms with van der Waals surface area (Å²) in [6, 6.07) is 5.65. The van der Waals surface area contributed by atoms with Gasteiger partial charge in [-0.25, -0.2) is 4.98 Å². The Labute approximate surface area is 114 Å². The quantitative estimate of drug-likeness (QED) is 0.823. The zero-order chi connectivity index (χ0) is 13.1. The number of thiocarbonyl (C=S) groups is 1. The third-order valence-corrected chi connectivity index (χ3v) is 3.67. The van der Waals surface area contributed by atoms with Crippen molar-refractivity contribution in [1.82, 2.24) is 15.3 Å². The van der Waals surface area contributed by atoms with Crippen molar-refractivity contribution in [3.05, 3.63) is 39.9 Å². The fourth-order valence-electron chi connectivity index (χ4n) is 1.66. The molecule has 0 unspecified atom stereocenters. The average molecular weight is 279 g/mol. The van der Waals surface area contributed by atoms with E-state index in [0.29, 0.717) is 23.3 Å². The molecule has 0 bridgehead atoms. The molecule has 2 aromatic rings. The SMILES string of the molecule is CSC(=S)NCc1ccc2nc(C)[nH]c(=O)c2c1. The van der Waals surface area contributed by atoms with Crippen LogP contribution < -0.4 is 10.9 Å². The van der Waals surface area contributed by atoms with Gasteiger partial charge in [-0.2, -0.15) is 0 Å². The number of H-pyrrole nitrogens is 1. The molecule has 0 aliphatic heterocycles. The van der Waals surface area contributed by atoms with Gasteiger partial charge in [0.1, 0.15) is 10.1 Å². The van der Waals surface area contributed by atoms with Crippen molar-refractivity contribution in [1.29, 1.82) is 0 Å². The number of thioether (sulfide) groups is 1. The van der Waals surface area contributed by atoms with E-state index in [1.54, 1.807) is 6.92 Å². The first-order chi connectivity index (χ1) is 8.60. The number of aromatic nitrogens is 2. The standard InChI is InChI=1S/C12H13N3OS2/c1-7-14-10-4-3-8(6-13-12(17)18-2)5-9(10)11(16)15-7/h3-5H,6H2,1-2H3,(H,13,17)(H,14,15,16). The zero-order valence-electron chi connectivity index (χ0n) is 10.1. The van der Waals surface area contributed by atoms with E-state index in [4.69, 9.17) is 12.2 Å². The molecule has 0 aliphatic rings. The highest BCUT2D eigenvalue weighted by Crippen LogP contribution is 2.10. The minimum Gasteiger partial charge on any atom is -0.367 e. The predicted molar refractivity (Wildman–Crippen MR) is 80.1 cm³/mol. The molecule has 1 aromatic carbocycles. The van der Waals surface area contributed by atoms with Gasteiger partial charge in [0.15, 0.2) is 0 Å². The first kappa shape index (κ1) is 13.0. The van der Waals surface area contributed by atoms with Crippen molar-refractivity contribution in [2.24, 2.45) is 0 Å². The summed E-state index contributed by atoms with van der Waals surface area (Å²) in [6.07, 6.45) is 1.92. The van der Waals surface area contributed by atoms with Crippen LogP contribution in [-0.2, 0) is 6.54 Å². The monoisotopic (exact) mass is 279 g/mol. The second-order valence-corrected chi connectivity index (χ2v) is 5.33. The maximum Gasteiger partial charge on any atom is 0.258 e. The van der Waals surface area contributed by atoms with Crippen molar-refractivity contribution in [2.45, 2.75) is 13.5 Å². The van der Waals surface area contributed by atoms with Gasteiger partial charge in [-0.15, -0.1) is 11.8 Å². The first-order valence-electron chi connectivity index (χ1n) is 5.41. The predicted octanol–water partition coefficient (Wildman–Crippen LogP) is 1.97. The molecule has 0 saturated heterocycles. The molecule has 18 heavy (non-hydrogen) atoms. The molecular weight excluding hydrogens is 266 g/mol. The van der Waals surface area contributed by atoms with Crippen LogP contribution in [0.25, 0.3) is 10.9 Å². The number of rotatable bonds is 2. The second kappa shape index (κ2) is 5.49. The number of aromatic amines is 1. The fourth-order valence-corrected chi connectivity index (χ4v) is 1.95. The van der Waals surface area contributed by atoms with Crippen LogP contribution in [0.2, 0.25) is 0 Å². The van der Waals surface area contributed by atoms with E-state index < -0.39 is 0 Å². The van der Waals surface area contributed by atoms with Crippen LogP contribution >= 0.6 is 24.0 Å². The van der Waals surface area contributed by atoms with Crippen LogP contribution in [0.3, 0.4) is 0 Å². The number of benzene rings is 1. The van der Waals surface area contributed by atoms with Gasteiger partial charge < -0.3 is 10.3 Å². The summed E-state index contributed by atoms with van der Waals surface area (Å²) in [7, 11) is 0. The molecule has 0 fully saturated rings. The van der Waals surface area contributed by atoms with Crippen LogP contribution in [0, 0.1) is 6.92 Å². The molecule has 4 nitrogen and oxygen atoms in total. The lowest BCUT2D eigenvalue weighted by Gasteiger charge is -2.06. The summed E-state index contributed by atoms with van der Waals surface area (Å²) in [5, 5.41) is 3.71. The lowest BCUT2D eigenvalue weighted by molar-refractivity contribution is 0.940. The molecule has 0 atom stereocenters. The Hall–Kier alpha value is -1.40. The van der Waals surface area contributed by atoms with Gasteiger partial charge in [0, 0.05) is 6.54 Å². The van der Waals surface area contributed by atoms with E-state index in [2.05, 4.69) is 15.3 Å². The molecule has 1 heterocycles. The van der Waals surface area contributed by atoms with Crippen LogP contribution in [0.15, 0.2) is 23.0 Å². The van der Waals surface area contributed by atoms with E-state index in [1.165, 1.54) is 11.8 Å². The van der Waals surface area contributed by atoms with Gasteiger partial charge in [-0.3, -0.25) is 4.79 Å². The molecule has 6 heteroatoms. The third-order valence-electron chi connectivity index (χ3n) is 2.51. The molecule has 0 saturated carbocycles. The van der Waals surface area contributed by atoms with E-state index in [1.807, 2.05) is 24.5 Å². The van der Waals surface area contributed by atoms with Gasteiger partial charge in [0.05, 0.1) is 10.9 Å². The van der Waals surface area contributed by atoms with Crippen molar-refractivity contribution >= 4 is 39.2 Å². The van der Waals surface area contributed by atoms with Crippen LogP contribution in [-0.4, -0.2) is 20.5 Å². The summed E-state index contributed by atoms with van der Waals surface area (Å²) in [4.78, 5) is 18.8. The highest BCUT2D eigenvalue weighted by atomic mass is 32.2. The molecule has 0 aliphatic carbocycles. The molecule has 0 radical (unpaired) electrons. The second-order valence-electron chi connectivity index (χ2n) is 3.85. The fraction of sp³-hybridized carbons (Fsp3) is 0.250. The smallest absolute Gasteiger partial charge is 0.258 e. The lowest BCUT2D eigenvalue weighted by atomic mass is 10.1. The molecule has 2 rings (SSSR count). The minimum atomic E-state index is -0.105. The number of aryl methyl sites for hydroxylation is 1. The number of hydrogen-bond acceptors (Lipinski definition) is 4. The van der Waals surface area contributed by atoms with E-state index >= 15 is 0 Å². The Morgan fingerprint density at radius 1 is 1.56 bits per heavy atom. The number of fused-ring (bicyclic) bond motifs is 1. The van der Waals surface area contributed by atoms with Gasteiger partial charge in [-0.1, -0.05) is 18.3 Å². The van der Waals surface area contributed by atoms with Crippen molar-refractivity contribution in [3.8, 4) is 0 Å². The normalized spacial score (nSPS) is 10.6. The van der Waals surface area contributed by atoms with Crippen LogP contribution in [0.5, 0.6) is 0 Å². The lowest BCUT2D eigenvalue weighted by Crippen LogP contribution is -2.17. The van der Waals surface area contributed by atoms with Crippen molar-refractivity contribution in [2.75, 3.05) is 6.26 Å². The Morgan fingerprint density at radius 3 is 3.06 bits per heavy atom. The molecule has 2 N–H and O–H groups in total. The maximum absolute atomic E-state index is 11.8. The van der Waals surface area contributed by atoms with Gasteiger partial charge in [0.2, 0.25) is 0 Å². The largest absolute Gasteiger partial charge is 0.367 e.